The normalized spacial score (nSPS) is 11.9. The summed E-state index contributed by atoms with van der Waals surface area (Å²) < 4.78 is 27.6. The van der Waals surface area contributed by atoms with Crippen LogP contribution in [0.2, 0.25) is 0 Å². The first-order valence-electron chi connectivity index (χ1n) is 8.94. The van der Waals surface area contributed by atoms with Crippen molar-refractivity contribution < 1.29 is 28.2 Å². The Morgan fingerprint density at radius 1 is 1.03 bits per heavy atom. The lowest BCUT2D eigenvalue weighted by Gasteiger charge is -2.23. The zero-order chi connectivity index (χ0) is 22.2. The van der Waals surface area contributed by atoms with Crippen molar-refractivity contribution in [1.29, 1.82) is 0 Å². The molecule has 0 aliphatic heterocycles. The molecule has 2 rings (SSSR count). The molecule has 0 fully saturated rings. The van der Waals surface area contributed by atoms with Crippen LogP contribution in [0.4, 0.5) is 5.69 Å². The Morgan fingerprint density at radius 3 is 2.10 bits per heavy atom. The van der Waals surface area contributed by atoms with Gasteiger partial charge in [0.2, 0.25) is 10.0 Å². The molecule has 158 valence electrons. The average molecular weight is 423 g/mol. The molecule has 3 N–H and O–H groups in total. The number of nitrogens with zero attached hydrogens (tertiary/aromatic N) is 1. The third-order valence-electron chi connectivity index (χ3n) is 4.23. The number of hydrogen-bond acceptors (Lipinski definition) is 5. The molecule has 9 heteroatoms. The summed E-state index contributed by atoms with van der Waals surface area (Å²) >= 11 is 0. The summed E-state index contributed by atoms with van der Waals surface area (Å²) in [5.74, 6) is -2.96. The van der Waals surface area contributed by atoms with Crippen LogP contribution in [0, 0.1) is 0 Å². The van der Waals surface area contributed by atoms with E-state index in [1.807, 2.05) is 24.6 Å². The Labute approximate surface area is 170 Å². The molecule has 0 bridgehead atoms. The van der Waals surface area contributed by atoms with E-state index < -0.39 is 34.4 Å². The first kappa shape index (κ1) is 24.1. The lowest BCUT2D eigenvalue weighted by Crippen LogP contribution is -2.42. The van der Waals surface area contributed by atoms with Crippen LogP contribution in [-0.2, 0) is 19.6 Å². The summed E-state index contributed by atoms with van der Waals surface area (Å²) in [6, 6.07) is 8.27. The second kappa shape index (κ2) is 10.6. The zero-order valence-corrected chi connectivity index (χ0v) is 17.3. The van der Waals surface area contributed by atoms with E-state index in [1.165, 1.54) is 6.07 Å². The van der Waals surface area contributed by atoms with Gasteiger partial charge in [-0.2, -0.15) is 4.72 Å². The molecule has 0 aliphatic carbocycles. The number of benzene rings is 2. The van der Waals surface area contributed by atoms with Gasteiger partial charge in [0.25, 0.3) is 0 Å². The number of nitrogens with one attached hydrogen (secondary N) is 1. The van der Waals surface area contributed by atoms with E-state index in [0.29, 0.717) is 10.8 Å². The SMILES string of the molecule is C=C.CCN(CC)c1cccc2c(S(=O)(=O)NC(CC(=O)O)C(=O)O)cccc12. The second-order valence-electron chi connectivity index (χ2n) is 5.91. The first-order chi connectivity index (χ1) is 13.7. The lowest BCUT2D eigenvalue weighted by atomic mass is 10.1. The van der Waals surface area contributed by atoms with Gasteiger partial charge in [0.15, 0.2) is 0 Å². The molecular formula is C20H26N2O6S. The molecule has 0 aliphatic rings. The Morgan fingerprint density at radius 2 is 1.59 bits per heavy atom. The third-order valence-corrected chi connectivity index (χ3v) is 5.76. The predicted octanol–water partition coefficient (Wildman–Crippen LogP) is 2.69. The van der Waals surface area contributed by atoms with E-state index in [1.54, 1.807) is 24.3 Å². The highest BCUT2D eigenvalue weighted by Gasteiger charge is 2.28. The van der Waals surface area contributed by atoms with Crippen molar-refractivity contribution in [3.8, 4) is 0 Å². The van der Waals surface area contributed by atoms with E-state index in [-0.39, 0.29) is 4.90 Å². The Balaban J connectivity index is 0.00000204. The maximum atomic E-state index is 12.8. The van der Waals surface area contributed by atoms with E-state index in [2.05, 4.69) is 18.1 Å². The number of hydrogen-bond donors (Lipinski definition) is 3. The van der Waals surface area contributed by atoms with E-state index in [9.17, 15) is 18.0 Å². The zero-order valence-electron chi connectivity index (χ0n) is 16.5. The van der Waals surface area contributed by atoms with Crippen LogP contribution in [0.25, 0.3) is 10.8 Å². The maximum Gasteiger partial charge on any atom is 0.322 e. The second-order valence-corrected chi connectivity index (χ2v) is 7.59. The standard InChI is InChI=1S/C18H22N2O6S.C2H4/c1-3-20(4-2)15-9-5-8-13-12(15)7-6-10-16(13)27(25,26)19-14(18(23)24)11-17(21)22;1-2/h5-10,14,19H,3-4,11H2,1-2H3,(H,21,22)(H,23,24);1-2H2. The number of aliphatic carboxylic acids is 2. The Hall–Kier alpha value is -2.91. The number of carbonyl (C=O) groups is 2. The molecule has 2 aromatic carbocycles. The fourth-order valence-corrected chi connectivity index (χ4v) is 4.35. The quantitative estimate of drug-likeness (QED) is 0.531. The fourth-order valence-electron chi connectivity index (χ4n) is 2.94. The molecule has 8 nitrogen and oxygen atoms in total. The van der Waals surface area contributed by atoms with Crippen molar-refractivity contribution in [2.45, 2.75) is 31.2 Å². The van der Waals surface area contributed by atoms with Crippen LogP contribution in [0.15, 0.2) is 54.5 Å². The average Bonchev–Trinajstić information content (AvgIpc) is 2.69. The van der Waals surface area contributed by atoms with Crippen LogP contribution in [0.1, 0.15) is 20.3 Å². The van der Waals surface area contributed by atoms with Gasteiger partial charge in [0, 0.05) is 29.5 Å². The maximum absolute atomic E-state index is 12.8. The van der Waals surface area contributed by atoms with Gasteiger partial charge in [0.1, 0.15) is 6.04 Å². The first-order valence-corrected chi connectivity index (χ1v) is 10.4. The molecule has 0 saturated heterocycles. The van der Waals surface area contributed by atoms with E-state index in [0.717, 1.165) is 18.8 Å². The number of anilines is 1. The molecule has 1 unspecified atom stereocenters. The van der Waals surface area contributed by atoms with Crippen molar-refractivity contribution in [3.63, 3.8) is 0 Å². The highest BCUT2D eigenvalue weighted by molar-refractivity contribution is 7.89. The minimum absolute atomic E-state index is 0.0920. The highest BCUT2D eigenvalue weighted by atomic mass is 32.2. The van der Waals surface area contributed by atoms with Gasteiger partial charge in [-0.05, 0) is 26.0 Å². The van der Waals surface area contributed by atoms with Crippen molar-refractivity contribution in [1.82, 2.24) is 4.72 Å². The van der Waals surface area contributed by atoms with Crippen molar-refractivity contribution in [2.24, 2.45) is 0 Å². The number of fused-ring (bicyclic) bond motifs is 1. The molecule has 1 atom stereocenters. The Kier molecular flexibility index (Phi) is 8.81. The van der Waals surface area contributed by atoms with Gasteiger partial charge in [0.05, 0.1) is 11.3 Å². The van der Waals surface area contributed by atoms with Crippen LogP contribution < -0.4 is 9.62 Å². The summed E-state index contributed by atoms with van der Waals surface area (Å²) in [5, 5.41) is 19.1. The number of carboxylic acids is 2. The van der Waals surface area contributed by atoms with Gasteiger partial charge >= 0.3 is 11.9 Å². The minimum atomic E-state index is -4.25. The predicted molar refractivity (Wildman–Crippen MR) is 113 cm³/mol. The molecule has 0 heterocycles. The third kappa shape index (κ3) is 5.78. The van der Waals surface area contributed by atoms with Gasteiger partial charge in [-0.25, -0.2) is 8.42 Å². The summed E-state index contributed by atoms with van der Waals surface area (Å²) in [6.45, 7) is 11.5. The largest absolute Gasteiger partial charge is 0.481 e. The topological polar surface area (TPSA) is 124 Å². The smallest absolute Gasteiger partial charge is 0.322 e. The monoisotopic (exact) mass is 422 g/mol. The molecule has 0 aromatic heterocycles. The van der Waals surface area contributed by atoms with Crippen LogP contribution in [0.3, 0.4) is 0 Å². The molecule has 0 amide bonds. The molecule has 0 spiro atoms. The van der Waals surface area contributed by atoms with Crippen LogP contribution >= 0.6 is 0 Å². The van der Waals surface area contributed by atoms with Gasteiger partial charge in [-0.15, -0.1) is 13.2 Å². The van der Waals surface area contributed by atoms with Gasteiger partial charge < -0.3 is 15.1 Å². The highest BCUT2D eigenvalue weighted by Crippen LogP contribution is 2.31. The van der Waals surface area contributed by atoms with E-state index in [4.69, 9.17) is 10.2 Å². The molecular weight excluding hydrogens is 396 g/mol. The lowest BCUT2D eigenvalue weighted by molar-refractivity contribution is -0.145. The molecule has 29 heavy (non-hydrogen) atoms. The Bertz CT molecular complexity index is 970. The summed E-state index contributed by atoms with van der Waals surface area (Å²) in [5.41, 5.74) is 0.870. The van der Waals surface area contributed by atoms with Crippen molar-refractivity contribution in [3.05, 3.63) is 49.6 Å². The van der Waals surface area contributed by atoms with E-state index >= 15 is 0 Å². The number of rotatable bonds is 9. The molecule has 0 radical (unpaired) electrons. The van der Waals surface area contributed by atoms with Crippen LogP contribution in [0.5, 0.6) is 0 Å². The summed E-state index contributed by atoms with van der Waals surface area (Å²) in [6.07, 6.45) is -0.857. The van der Waals surface area contributed by atoms with Gasteiger partial charge in [-0.1, -0.05) is 24.3 Å². The summed E-state index contributed by atoms with van der Waals surface area (Å²) in [7, 11) is -4.25. The molecule has 2 aromatic rings. The number of carboxylic acid groups (broad SMARTS) is 2. The van der Waals surface area contributed by atoms with Crippen molar-refractivity contribution >= 4 is 38.4 Å². The number of sulfonamides is 1. The molecule has 0 saturated carbocycles. The van der Waals surface area contributed by atoms with Crippen LogP contribution in [-0.4, -0.2) is 49.7 Å². The van der Waals surface area contributed by atoms with Crippen molar-refractivity contribution in [2.75, 3.05) is 18.0 Å². The minimum Gasteiger partial charge on any atom is -0.481 e. The summed E-state index contributed by atoms with van der Waals surface area (Å²) in [4.78, 5) is 24.1. The fraction of sp³-hybridized carbons (Fsp3) is 0.300. The van der Waals surface area contributed by atoms with Gasteiger partial charge in [-0.3, -0.25) is 9.59 Å².